The number of carbonyl (C=O) groups is 1. The van der Waals surface area contributed by atoms with Gasteiger partial charge < -0.3 is 14.2 Å². The van der Waals surface area contributed by atoms with Gasteiger partial charge in [0.05, 0.1) is 32.7 Å². The van der Waals surface area contributed by atoms with Crippen LogP contribution in [0.5, 0.6) is 11.5 Å². The van der Waals surface area contributed by atoms with Crippen LogP contribution in [0.15, 0.2) is 60.7 Å². The Kier molecular flexibility index (Phi) is 6.77. The van der Waals surface area contributed by atoms with Crippen molar-refractivity contribution in [2.75, 3.05) is 14.2 Å². The smallest absolute Gasteiger partial charge is 0.307 e. The second kappa shape index (κ2) is 10.3. The zero-order chi connectivity index (χ0) is 24.2. The van der Waals surface area contributed by atoms with Crippen LogP contribution in [-0.2, 0) is 16.0 Å². The zero-order valence-corrected chi connectivity index (χ0v) is 20.3. The van der Waals surface area contributed by atoms with Crippen molar-refractivity contribution < 1.29 is 19.0 Å². The fourth-order valence-corrected chi connectivity index (χ4v) is 5.13. The summed E-state index contributed by atoms with van der Waals surface area (Å²) < 4.78 is 16.8. The average molecular weight is 467 g/mol. The molecule has 3 aromatic rings. The van der Waals surface area contributed by atoms with Crippen LogP contribution in [0.3, 0.4) is 0 Å². The molecule has 178 valence electrons. The van der Waals surface area contributed by atoms with Gasteiger partial charge in [-0.15, -0.1) is 0 Å². The Labute approximate surface area is 207 Å². The number of benzene rings is 3. The summed E-state index contributed by atoms with van der Waals surface area (Å²) in [7, 11) is 3.06. The first-order valence-electron chi connectivity index (χ1n) is 12.3. The fraction of sp³-hybridized carbons (Fsp3) is 0.323. The molecule has 0 N–H and O–H groups in total. The van der Waals surface area contributed by atoms with E-state index in [1.807, 2.05) is 18.2 Å². The molecule has 1 atom stereocenters. The van der Waals surface area contributed by atoms with Gasteiger partial charge in [0, 0.05) is 5.56 Å². The molecule has 2 aliphatic rings. The van der Waals surface area contributed by atoms with Gasteiger partial charge in [0.15, 0.2) is 11.5 Å². The summed E-state index contributed by atoms with van der Waals surface area (Å²) in [6.45, 7) is 0. The summed E-state index contributed by atoms with van der Waals surface area (Å²) in [5, 5.41) is 0. The predicted molar refractivity (Wildman–Crippen MR) is 137 cm³/mol. The number of methoxy groups -OCH3 is 2. The second-order valence-corrected chi connectivity index (χ2v) is 9.20. The monoisotopic (exact) mass is 466 g/mol. The molecule has 0 amide bonds. The van der Waals surface area contributed by atoms with Crippen molar-refractivity contribution in [2.24, 2.45) is 0 Å². The molecule has 4 nitrogen and oxygen atoms in total. The highest BCUT2D eigenvalue weighted by molar-refractivity contribution is 5.79. The van der Waals surface area contributed by atoms with Crippen molar-refractivity contribution >= 4 is 5.97 Å². The van der Waals surface area contributed by atoms with Gasteiger partial charge in [-0.2, -0.15) is 0 Å². The number of hydrogen-bond acceptors (Lipinski definition) is 4. The summed E-state index contributed by atoms with van der Waals surface area (Å²) in [4.78, 5) is 12.3. The van der Waals surface area contributed by atoms with Gasteiger partial charge in [0.1, 0.15) is 0 Å². The minimum atomic E-state index is -0.320. The minimum Gasteiger partial charge on any atom is -0.493 e. The topological polar surface area (TPSA) is 44.8 Å². The molecular formula is C31H30O4. The summed E-state index contributed by atoms with van der Waals surface area (Å²) >= 11 is 0. The Bertz CT molecular complexity index is 1290. The second-order valence-electron chi connectivity index (χ2n) is 9.20. The van der Waals surface area contributed by atoms with E-state index >= 15 is 0 Å². The van der Waals surface area contributed by atoms with E-state index in [4.69, 9.17) is 14.2 Å². The lowest BCUT2D eigenvalue weighted by Gasteiger charge is -2.18. The van der Waals surface area contributed by atoms with Crippen LogP contribution in [0.1, 0.15) is 60.3 Å². The third-order valence-corrected chi connectivity index (χ3v) is 7.02. The molecule has 0 bridgehead atoms. The first-order chi connectivity index (χ1) is 17.2. The van der Waals surface area contributed by atoms with Crippen molar-refractivity contribution in [2.45, 2.75) is 50.5 Å². The number of carbonyl (C=O) groups excluding carboxylic acids is 1. The number of hydrogen-bond donors (Lipinski definition) is 0. The first-order valence-corrected chi connectivity index (χ1v) is 12.3. The van der Waals surface area contributed by atoms with E-state index in [1.165, 1.54) is 42.2 Å². The number of esters is 1. The van der Waals surface area contributed by atoms with Crippen molar-refractivity contribution in [1.29, 1.82) is 0 Å². The van der Waals surface area contributed by atoms with E-state index in [1.54, 1.807) is 7.11 Å². The molecule has 0 radical (unpaired) electrons. The van der Waals surface area contributed by atoms with Crippen LogP contribution in [0, 0.1) is 11.8 Å². The SMILES string of the molecule is COC(=O)CC(C#Cc1cccc2c1Cc1ccccc1-2)c1ccc(OC)c(OC2CCCC2)c1. The molecule has 5 rings (SSSR count). The maximum Gasteiger partial charge on any atom is 0.307 e. The molecule has 35 heavy (non-hydrogen) atoms. The van der Waals surface area contributed by atoms with Crippen LogP contribution in [0.4, 0.5) is 0 Å². The van der Waals surface area contributed by atoms with Gasteiger partial charge in [-0.05, 0) is 78.1 Å². The normalized spacial score (nSPS) is 14.9. The van der Waals surface area contributed by atoms with E-state index in [0.717, 1.165) is 30.4 Å². The standard InChI is InChI=1S/C31H30O4/c1-33-29-17-16-22(19-30(29)35-25-10-4-5-11-25)23(20-31(32)34-2)15-14-21-9-7-13-27-26-12-6-3-8-24(26)18-28(21)27/h3,6-9,12-13,16-17,19,23,25H,4-5,10-11,18,20H2,1-2H3. The van der Waals surface area contributed by atoms with Crippen LogP contribution in [0.2, 0.25) is 0 Å². The van der Waals surface area contributed by atoms with Crippen molar-refractivity contribution in [3.63, 3.8) is 0 Å². The Balaban J connectivity index is 1.48. The summed E-state index contributed by atoms with van der Waals surface area (Å²) in [5.74, 6) is 7.59. The Morgan fingerprint density at radius 3 is 2.57 bits per heavy atom. The number of ether oxygens (including phenoxy) is 3. The number of rotatable bonds is 6. The van der Waals surface area contributed by atoms with Crippen molar-refractivity contribution in [1.82, 2.24) is 0 Å². The summed E-state index contributed by atoms with van der Waals surface area (Å²) in [6, 6.07) is 20.6. The molecule has 0 aromatic heterocycles. The number of fused-ring (bicyclic) bond motifs is 3. The van der Waals surface area contributed by atoms with Crippen LogP contribution >= 0.6 is 0 Å². The third kappa shape index (κ3) is 4.91. The highest BCUT2D eigenvalue weighted by Gasteiger charge is 2.22. The van der Waals surface area contributed by atoms with Crippen LogP contribution < -0.4 is 9.47 Å². The molecule has 2 aliphatic carbocycles. The average Bonchev–Trinajstić information content (AvgIpc) is 3.54. The van der Waals surface area contributed by atoms with Gasteiger partial charge in [0.2, 0.25) is 0 Å². The molecule has 0 heterocycles. The van der Waals surface area contributed by atoms with Gasteiger partial charge in [0.25, 0.3) is 0 Å². The highest BCUT2D eigenvalue weighted by atomic mass is 16.5. The molecule has 0 saturated heterocycles. The molecule has 1 fully saturated rings. The molecule has 0 aliphatic heterocycles. The highest BCUT2D eigenvalue weighted by Crippen LogP contribution is 2.38. The predicted octanol–water partition coefficient (Wildman–Crippen LogP) is 6.29. The quantitative estimate of drug-likeness (QED) is 0.248. The van der Waals surface area contributed by atoms with E-state index in [0.29, 0.717) is 11.5 Å². The van der Waals surface area contributed by atoms with Gasteiger partial charge in [-0.25, -0.2) is 0 Å². The van der Waals surface area contributed by atoms with E-state index < -0.39 is 0 Å². The maximum atomic E-state index is 12.3. The van der Waals surface area contributed by atoms with Crippen LogP contribution in [0.25, 0.3) is 11.1 Å². The largest absolute Gasteiger partial charge is 0.493 e. The zero-order valence-electron chi connectivity index (χ0n) is 20.3. The van der Waals surface area contributed by atoms with Crippen molar-refractivity contribution in [3.05, 3.63) is 82.9 Å². The summed E-state index contributed by atoms with van der Waals surface area (Å²) in [6.07, 6.45) is 5.75. The summed E-state index contributed by atoms with van der Waals surface area (Å²) in [5.41, 5.74) is 7.02. The van der Waals surface area contributed by atoms with Gasteiger partial charge in [-0.1, -0.05) is 54.3 Å². The van der Waals surface area contributed by atoms with Gasteiger partial charge >= 0.3 is 5.97 Å². The van der Waals surface area contributed by atoms with Gasteiger partial charge in [-0.3, -0.25) is 4.79 Å². The first kappa shape index (κ1) is 23.1. The lowest BCUT2D eigenvalue weighted by Crippen LogP contribution is -2.12. The van der Waals surface area contributed by atoms with E-state index in [2.05, 4.69) is 54.3 Å². The maximum absolute atomic E-state index is 12.3. The fourth-order valence-electron chi connectivity index (χ4n) is 5.13. The molecule has 4 heteroatoms. The Morgan fingerprint density at radius 1 is 0.971 bits per heavy atom. The molecule has 0 spiro atoms. The Hall–Kier alpha value is -3.71. The lowest BCUT2D eigenvalue weighted by atomic mass is 9.94. The molecule has 1 saturated carbocycles. The molecule has 1 unspecified atom stereocenters. The third-order valence-electron chi connectivity index (χ3n) is 7.02. The molecular weight excluding hydrogens is 436 g/mol. The Morgan fingerprint density at radius 2 is 1.77 bits per heavy atom. The van der Waals surface area contributed by atoms with E-state index in [-0.39, 0.29) is 24.4 Å². The van der Waals surface area contributed by atoms with Crippen LogP contribution in [-0.4, -0.2) is 26.3 Å². The lowest BCUT2D eigenvalue weighted by molar-refractivity contribution is -0.140. The van der Waals surface area contributed by atoms with E-state index in [9.17, 15) is 4.79 Å². The molecule has 3 aromatic carbocycles. The van der Waals surface area contributed by atoms with Crippen molar-refractivity contribution in [3.8, 4) is 34.5 Å². The minimum absolute atomic E-state index is 0.175.